The summed E-state index contributed by atoms with van der Waals surface area (Å²) in [6.07, 6.45) is 1.08. The highest BCUT2D eigenvalue weighted by molar-refractivity contribution is 7.10. The topological polar surface area (TPSA) is 32.3 Å². The predicted molar refractivity (Wildman–Crippen MR) is 83.2 cm³/mol. The van der Waals surface area contributed by atoms with Crippen LogP contribution in [0.3, 0.4) is 0 Å². The minimum atomic E-state index is 0.0269. The van der Waals surface area contributed by atoms with Crippen molar-refractivity contribution in [3.63, 3.8) is 0 Å². The van der Waals surface area contributed by atoms with E-state index in [0.29, 0.717) is 6.54 Å². The molecule has 0 saturated carbocycles. The van der Waals surface area contributed by atoms with E-state index in [9.17, 15) is 4.79 Å². The van der Waals surface area contributed by atoms with Crippen molar-refractivity contribution in [3.05, 3.63) is 52.2 Å². The Kier molecular flexibility index (Phi) is 3.74. The molecule has 104 valence electrons. The Labute approximate surface area is 123 Å². The van der Waals surface area contributed by atoms with Crippen LogP contribution in [0, 0.1) is 0 Å². The Morgan fingerprint density at radius 1 is 1.35 bits per heavy atom. The molecule has 2 heterocycles. The number of benzene rings is 1. The van der Waals surface area contributed by atoms with Gasteiger partial charge in [0.05, 0.1) is 6.04 Å². The standard InChI is InChI=1S/C16H18N2OS/c1-12(19)17-11-15(16-7-4-10-20-16)18-9-8-13-5-2-3-6-14(13)18/h2-7,10,15H,8-9,11H2,1H3,(H,17,19)/t15-/m0/s1. The van der Waals surface area contributed by atoms with Crippen LogP contribution in [0.2, 0.25) is 0 Å². The number of hydrogen-bond acceptors (Lipinski definition) is 3. The zero-order valence-electron chi connectivity index (χ0n) is 11.5. The first-order valence-electron chi connectivity index (χ1n) is 6.88. The summed E-state index contributed by atoms with van der Waals surface area (Å²) in [5, 5.41) is 5.06. The summed E-state index contributed by atoms with van der Waals surface area (Å²) >= 11 is 1.75. The summed E-state index contributed by atoms with van der Waals surface area (Å²) < 4.78 is 0. The molecule has 2 aromatic rings. The van der Waals surface area contributed by atoms with Crippen LogP contribution < -0.4 is 10.2 Å². The monoisotopic (exact) mass is 286 g/mol. The molecular weight excluding hydrogens is 268 g/mol. The van der Waals surface area contributed by atoms with E-state index in [2.05, 4.69) is 52.0 Å². The van der Waals surface area contributed by atoms with Gasteiger partial charge < -0.3 is 10.2 Å². The maximum atomic E-state index is 11.3. The van der Waals surface area contributed by atoms with E-state index in [1.54, 1.807) is 18.3 Å². The second kappa shape index (κ2) is 5.67. The molecule has 1 aliphatic rings. The number of nitrogens with zero attached hydrogens (tertiary/aromatic N) is 1. The molecule has 1 aromatic heterocycles. The number of nitrogens with one attached hydrogen (secondary N) is 1. The largest absolute Gasteiger partial charge is 0.361 e. The molecule has 0 unspecified atom stereocenters. The first kappa shape index (κ1) is 13.2. The first-order chi connectivity index (χ1) is 9.75. The van der Waals surface area contributed by atoms with Gasteiger partial charge in [-0.05, 0) is 29.5 Å². The minimum absolute atomic E-state index is 0.0269. The van der Waals surface area contributed by atoms with Gasteiger partial charge in [-0.25, -0.2) is 0 Å². The van der Waals surface area contributed by atoms with Crippen LogP contribution in [0.25, 0.3) is 0 Å². The molecule has 0 aliphatic carbocycles. The Balaban J connectivity index is 1.88. The van der Waals surface area contributed by atoms with Gasteiger partial charge in [-0.1, -0.05) is 24.3 Å². The highest BCUT2D eigenvalue weighted by Gasteiger charge is 2.27. The molecule has 3 rings (SSSR count). The van der Waals surface area contributed by atoms with Crippen LogP contribution in [0.5, 0.6) is 0 Å². The fourth-order valence-corrected chi connectivity index (χ4v) is 3.61. The highest BCUT2D eigenvalue weighted by atomic mass is 32.1. The Morgan fingerprint density at radius 3 is 2.95 bits per heavy atom. The normalized spacial score (nSPS) is 14.9. The predicted octanol–water partition coefficient (Wildman–Crippen LogP) is 2.99. The number of anilines is 1. The van der Waals surface area contributed by atoms with E-state index < -0.39 is 0 Å². The molecule has 0 bridgehead atoms. The van der Waals surface area contributed by atoms with Crippen molar-refractivity contribution in [2.24, 2.45) is 0 Å². The van der Waals surface area contributed by atoms with Gasteiger partial charge in [0.15, 0.2) is 0 Å². The molecule has 0 radical (unpaired) electrons. The number of rotatable bonds is 4. The lowest BCUT2D eigenvalue weighted by molar-refractivity contribution is -0.119. The zero-order chi connectivity index (χ0) is 13.9. The van der Waals surface area contributed by atoms with Gasteiger partial charge in [-0.3, -0.25) is 4.79 Å². The molecule has 1 aliphatic heterocycles. The fraction of sp³-hybridized carbons (Fsp3) is 0.312. The molecule has 0 spiro atoms. The van der Waals surface area contributed by atoms with Gasteiger partial charge >= 0.3 is 0 Å². The van der Waals surface area contributed by atoms with Crippen LogP contribution in [-0.2, 0) is 11.2 Å². The van der Waals surface area contributed by atoms with Gasteiger partial charge in [0, 0.05) is 30.6 Å². The number of carbonyl (C=O) groups excluding carboxylic acids is 1. The number of carbonyl (C=O) groups is 1. The van der Waals surface area contributed by atoms with Crippen molar-refractivity contribution in [1.29, 1.82) is 0 Å². The number of amides is 1. The average molecular weight is 286 g/mol. The maximum Gasteiger partial charge on any atom is 0.216 e. The zero-order valence-corrected chi connectivity index (χ0v) is 12.3. The summed E-state index contributed by atoms with van der Waals surface area (Å²) in [6, 6.07) is 13.0. The Hall–Kier alpha value is -1.81. The summed E-state index contributed by atoms with van der Waals surface area (Å²) in [6.45, 7) is 3.25. The summed E-state index contributed by atoms with van der Waals surface area (Å²) in [7, 11) is 0. The fourth-order valence-electron chi connectivity index (χ4n) is 2.77. The summed E-state index contributed by atoms with van der Waals surface area (Å²) in [5.74, 6) is 0.0269. The van der Waals surface area contributed by atoms with Crippen molar-refractivity contribution >= 4 is 22.9 Å². The lowest BCUT2D eigenvalue weighted by Crippen LogP contribution is -2.36. The van der Waals surface area contributed by atoms with Crippen molar-refractivity contribution in [1.82, 2.24) is 5.32 Å². The number of hydrogen-bond donors (Lipinski definition) is 1. The second-order valence-electron chi connectivity index (χ2n) is 5.04. The molecule has 0 fully saturated rings. The van der Waals surface area contributed by atoms with Crippen LogP contribution in [-0.4, -0.2) is 19.0 Å². The van der Waals surface area contributed by atoms with E-state index in [1.807, 2.05) is 0 Å². The summed E-state index contributed by atoms with van der Waals surface area (Å²) in [4.78, 5) is 15.0. The second-order valence-corrected chi connectivity index (χ2v) is 6.02. The van der Waals surface area contributed by atoms with Gasteiger partial charge in [-0.15, -0.1) is 11.3 Å². The molecule has 0 saturated heterocycles. The summed E-state index contributed by atoms with van der Waals surface area (Å²) in [5.41, 5.74) is 2.70. The quantitative estimate of drug-likeness (QED) is 0.937. The van der Waals surface area contributed by atoms with E-state index in [1.165, 1.54) is 16.1 Å². The Bertz CT molecular complexity index is 594. The van der Waals surface area contributed by atoms with E-state index >= 15 is 0 Å². The minimum Gasteiger partial charge on any atom is -0.361 e. The number of para-hydroxylation sites is 1. The first-order valence-corrected chi connectivity index (χ1v) is 7.76. The van der Waals surface area contributed by atoms with E-state index in [0.717, 1.165) is 13.0 Å². The third kappa shape index (κ3) is 2.56. The number of fused-ring (bicyclic) bond motifs is 1. The molecule has 1 atom stereocenters. The molecule has 1 amide bonds. The molecular formula is C16H18N2OS. The van der Waals surface area contributed by atoms with Gasteiger partial charge in [0.25, 0.3) is 0 Å². The van der Waals surface area contributed by atoms with Crippen LogP contribution >= 0.6 is 11.3 Å². The number of thiophene rings is 1. The smallest absolute Gasteiger partial charge is 0.216 e. The van der Waals surface area contributed by atoms with Crippen molar-refractivity contribution in [2.75, 3.05) is 18.0 Å². The lowest BCUT2D eigenvalue weighted by Gasteiger charge is -2.30. The Morgan fingerprint density at radius 2 is 2.20 bits per heavy atom. The third-order valence-electron chi connectivity index (χ3n) is 3.72. The van der Waals surface area contributed by atoms with Crippen LogP contribution in [0.1, 0.15) is 23.4 Å². The van der Waals surface area contributed by atoms with Crippen molar-refractivity contribution < 1.29 is 4.79 Å². The molecule has 1 aromatic carbocycles. The molecule has 4 heteroatoms. The lowest BCUT2D eigenvalue weighted by atomic mass is 10.1. The maximum absolute atomic E-state index is 11.3. The van der Waals surface area contributed by atoms with E-state index in [-0.39, 0.29) is 11.9 Å². The van der Waals surface area contributed by atoms with Gasteiger partial charge in [-0.2, -0.15) is 0 Å². The third-order valence-corrected chi connectivity index (χ3v) is 4.69. The van der Waals surface area contributed by atoms with Gasteiger partial charge in [0.2, 0.25) is 5.91 Å². The molecule has 1 N–H and O–H groups in total. The van der Waals surface area contributed by atoms with E-state index in [4.69, 9.17) is 0 Å². The SMILES string of the molecule is CC(=O)NC[C@@H](c1cccs1)N1CCc2ccccc21. The van der Waals surface area contributed by atoms with Crippen molar-refractivity contribution in [3.8, 4) is 0 Å². The molecule has 20 heavy (non-hydrogen) atoms. The van der Waals surface area contributed by atoms with Crippen LogP contribution in [0.15, 0.2) is 41.8 Å². The average Bonchev–Trinajstić information content (AvgIpc) is 3.09. The van der Waals surface area contributed by atoms with Gasteiger partial charge in [0.1, 0.15) is 0 Å². The van der Waals surface area contributed by atoms with Crippen LogP contribution in [0.4, 0.5) is 5.69 Å². The highest BCUT2D eigenvalue weighted by Crippen LogP contribution is 2.36. The molecule has 3 nitrogen and oxygen atoms in total. The van der Waals surface area contributed by atoms with Crippen molar-refractivity contribution in [2.45, 2.75) is 19.4 Å².